The second kappa shape index (κ2) is 12.4. The van der Waals surface area contributed by atoms with Crippen molar-refractivity contribution in [3.05, 3.63) is 71.0 Å². The second-order valence-corrected chi connectivity index (χ2v) is 12.1. The number of anilines is 1. The Morgan fingerprint density at radius 1 is 1.10 bits per heavy atom. The van der Waals surface area contributed by atoms with Crippen molar-refractivity contribution in [3.63, 3.8) is 0 Å². The number of urea groups is 1. The molecular formula is C32H40FN5O3. The van der Waals surface area contributed by atoms with Crippen molar-refractivity contribution in [2.75, 3.05) is 31.5 Å². The molecule has 41 heavy (non-hydrogen) atoms. The standard InChI is InChI=1S/C32H40FN5O3/c1-32(2,3)41-31(40)34-14-5-15-37-16-12-27(13-17-37)38-21-25-20-24-11-10-23(9-8-22-6-4-7-26(33)18-22)19-28(24)35-29(25)36-30(38)39/h4,6-7,10-11,18-20,27H,5,8-9,12-17,21H2,1-3H3,(H,34,40)(H,35,36,39). The van der Waals surface area contributed by atoms with Gasteiger partial charge < -0.3 is 19.9 Å². The van der Waals surface area contributed by atoms with Crippen LogP contribution in [0.25, 0.3) is 10.9 Å². The number of nitrogens with zero attached hydrogens (tertiary/aromatic N) is 3. The van der Waals surface area contributed by atoms with Crippen LogP contribution in [0.4, 0.5) is 19.8 Å². The second-order valence-electron chi connectivity index (χ2n) is 12.1. The van der Waals surface area contributed by atoms with Crippen molar-refractivity contribution in [2.24, 2.45) is 0 Å². The summed E-state index contributed by atoms with van der Waals surface area (Å²) in [7, 11) is 0. The van der Waals surface area contributed by atoms with Crippen LogP contribution in [0.3, 0.4) is 0 Å². The average molecular weight is 562 g/mol. The molecule has 9 heteroatoms. The number of nitrogens with one attached hydrogen (secondary N) is 2. The summed E-state index contributed by atoms with van der Waals surface area (Å²) in [5.74, 6) is 0.422. The van der Waals surface area contributed by atoms with Gasteiger partial charge in [0.2, 0.25) is 0 Å². The number of carbonyl (C=O) groups is 2. The van der Waals surface area contributed by atoms with Crippen molar-refractivity contribution < 1.29 is 18.7 Å². The van der Waals surface area contributed by atoms with Crippen molar-refractivity contribution in [2.45, 2.75) is 71.1 Å². The zero-order valence-electron chi connectivity index (χ0n) is 24.2. The number of likely N-dealkylation sites (tertiary alicyclic amines) is 1. The summed E-state index contributed by atoms with van der Waals surface area (Å²) in [6.07, 6.45) is 3.85. The van der Waals surface area contributed by atoms with E-state index in [4.69, 9.17) is 9.72 Å². The summed E-state index contributed by atoms with van der Waals surface area (Å²) in [6, 6.07) is 15.2. The van der Waals surface area contributed by atoms with E-state index in [0.29, 0.717) is 18.9 Å². The molecule has 0 spiro atoms. The number of alkyl carbamates (subject to hydrolysis) is 1. The van der Waals surface area contributed by atoms with Gasteiger partial charge in [-0.1, -0.05) is 24.3 Å². The van der Waals surface area contributed by atoms with E-state index in [0.717, 1.165) is 79.3 Å². The predicted octanol–water partition coefficient (Wildman–Crippen LogP) is 5.89. The van der Waals surface area contributed by atoms with Gasteiger partial charge in [0, 0.05) is 36.6 Å². The van der Waals surface area contributed by atoms with Gasteiger partial charge in [-0.25, -0.2) is 19.0 Å². The number of hydrogen-bond donors (Lipinski definition) is 2. The zero-order valence-corrected chi connectivity index (χ0v) is 24.2. The number of benzene rings is 2. The van der Waals surface area contributed by atoms with E-state index in [-0.39, 0.29) is 24.0 Å². The third-order valence-corrected chi connectivity index (χ3v) is 7.70. The molecule has 1 fully saturated rings. The number of carbonyl (C=O) groups excluding carboxylic acids is 2. The first-order valence-electron chi connectivity index (χ1n) is 14.6. The lowest BCUT2D eigenvalue weighted by Crippen LogP contribution is -2.50. The Morgan fingerprint density at radius 2 is 1.85 bits per heavy atom. The van der Waals surface area contributed by atoms with Gasteiger partial charge in [-0.05, 0) is 94.8 Å². The van der Waals surface area contributed by atoms with E-state index >= 15 is 0 Å². The maximum Gasteiger partial charge on any atom is 0.407 e. The molecule has 218 valence electrons. The molecule has 0 atom stereocenters. The maximum absolute atomic E-state index is 13.5. The third-order valence-electron chi connectivity index (χ3n) is 7.70. The van der Waals surface area contributed by atoms with Crippen molar-refractivity contribution >= 4 is 28.8 Å². The van der Waals surface area contributed by atoms with E-state index in [1.165, 1.54) is 6.07 Å². The molecule has 2 aliphatic heterocycles. The van der Waals surface area contributed by atoms with Crippen molar-refractivity contribution in [1.82, 2.24) is 20.1 Å². The van der Waals surface area contributed by atoms with Gasteiger partial charge in [0.25, 0.3) is 0 Å². The highest BCUT2D eigenvalue weighted by molar-refractivity contribution is 5.94. The first kappa shape index (κ1) is 28.8. The first-order valence-corrected chi connectivity index (χ1v) is 14.6. The average Bonchev–Trinajstić information content (AvgIpc) is 2.92. The number of hydrogen-bond acceptors (Lipinski definition) is 5. The monoisotopic (exact) mass is 561 g/mol. The lowest BCUT2D eigenvalue weighted by molar-refractivity contribution is 0.0524. The number of rotatable bonds is 8. The van der Waals surface area contributed by atoms with Crippen LogP contribution in [0.5, 0.6) is 0 Å². The number of halogens is 1. The molecule has 0 saturated carbocycles. The highest BCUT2D eigenvalue weighted by Gasteiger charge is 2.32. The van der Waals surface area contributed by atoms with Crippen LogP contribution in [-0.2, 0) is 24.1 Å². The molecule has 3 aromatic rings. The quantitative estimate of drug-likeness (QED) is 0.335. The Kier molecular flexibility index (Phi) is 8.73. The minimum atomic E-state index is -0.494. The molecule has 0 bridgehead atoms. The van der Waals surface area contributed by atoms with E-state index in [9.17, 15) is 14.0 Å². The van der Waals surface area contributed by atoms with E-state index in [1.54, 1.807) is 12.1 Å². The molecule has 0 aliphatic carbocycles. The third kappa shape index (κ3) is 7.73. The SMILES string of the molecule is CC(C)(C)OC(=O)NCCCN1CCC(N2Cc3cc4ccc(CCc5cccc(F)c5)cc4nc3NC2=O)CC1. The molecular weight excluding hydrogens is 521 g/mol. The highest BCUT2D eigenvalue weighted by Crippen LogP contribution is 2.30. The van der Waals surface area contributed by atoms with E-state index in [2.05, 4.69) is 39.8 Å². The molecule has 1 saturated heterocycles. The van der Waals surface area contributed by atoms with Gasteiger partial charge in [-0.2, -0.15) is 0 Å². The number of piperidine rings is 1. The number of ether oxygens (including phenoxy) is 1. The summed E-state index contributed by atoms with van der Waals surface area (Å²) in [5, 5.41) is 6.89. The Morgan fingerprint density at radius 3 is 2.59 bits per heavy atom. The molecule has 3 heterocycles. The van der Waals surface area contributed by atoms with Crippen LogP contribution in [0, 0.1) is 5.82 Å². The Balaban J connectivity index is 1.12. The molecule has 3 amide bonds. The fraction of sp³-hybridized carbons (Fsp3) is 0.469. The molecule has 2 aliphatic rings. The number of pyridine rings is 1. The van der Waals surface area contributed by atoms with Gasteiger partial charge in [0.15, 0.2) is 0 Å². The largest absolute Gasteiger partial charge is 0.444 e. The van der Waals surface area contributed by atoms with Crippen LogP contribution in [-0.4, -0.2) is 64.7 Å². The number of amides is 3. The number of aryl methyl sites for hydroxylation is 2. The molecule has 2 aromatic carbocycles. The lowest BCUT2D eigenvalue weighted by atomic mass is 10.00. The summed E-state index contributed by atoms with van der Waals surface area (Å²) in [6.45, 7) is 9.43. The van der Waals surface area contributed by atoms with Gasteiger partial charge >= 0.3 is 12.1 Å². The molecule has 8 nitrogen and oxygen atoms in total. The molecule has 2 N–H and O–H groups in total. The summed E-state index contributed by atoms with van der Waals surface area (Å²) >= 11 is 0. The zero-order chi connectivity index (χ0) is 29.0. The van der Waals surface area contributed by atoms with Gasteiger partial charge in [-0.15, -0.1) is 0 Å². The van der Waals surface area contributed by atoms with Gasteiger partial charge in [0.1, 0.15) is 17.2 Å². The Hall–Kier alpha value is -3.72. The first-order chi connectivity index (χ1) is 19.6. The normalized spacial score (nSPS) is 16.4. The van der Waals surface area contributed by atoms with Crippen LogP contribution < -0.4 is 10.6 Å². The van der Waals surface area contributed by atoms with Crippen molar-refractivity contribution in [1.29, 1.82) is 0 Å². The summed E-state index contributed by atoms with van der Waals surface area (Å²) < 4.78 is 18.8. The smallest absolute Gasteiger partial charge is 0.407 e. The Bertz CT molecular complexity index is 1400. The number of fused-ring (bicyclic) bond motifs is 2. The predicted molar refractivity (Wildman–Crippen MR) is 158 cm³/mol. The summed E-state index contributed by atoms with van der Waals surface area (Å²) in [5.41, 5.74) is 3.48. The summed E-state index contributed by atoms with van der Waals surface area (Å²) in [4.78, 5) is 34.0. The van der Waals surface area contributed by atoms with E-state index < -0.39 is 5.60 Å². The van der Waals surface area contributed by atoms with Crippen LogP contribution in [0.2, 0.25) is 0 Å². The van der Waals surface area contributed by atoms with Gasteiger partial charge in [0.05, 0.1) is 12.1 Å². The fourth-order valence-corrected chi connectivity index (χ4v) is 5.61. The highest BCUT2D eigenvalue weighted by atomic mass is 19.1. The van der Waals surface area contributed by atoms with Crippen molar-refractivity contribution in [3.8, 4) is 0 Å². The fourth-order valence-electron chi connectivity index (χ4n) is 5.61. The minimum absolute atomic E-state index is 0.0911. The minimum Gasteiger partial charge on any atom is -0.444 e. The van der Waals surface area contributed by atoms with Gasteiger partial charge in [-0.3, -0.25) is 5.32 Å². The lowest BCUT2D eigenvalue weighted by Gasteiger charge is -2.40. The molecule has 1 aromatic heterocycles. The van der Waals surface area contributed by atoms with E-state index in [1.807, 2.05) is 31.7 Å². The maximum atomic E-state index is 13.5. The topological polar surface area (TPSA) is 86.8 Å². The van der Waals surface area contributed by atoms with Crippen LogP contribution in [0.15, 0.2) is 48.5 Å². The Labute approximate surface area is 241 Å². The molecule has 0 unspecified atom stereocenters. The molecule has 5 rings (SSSR count). The number of aromatic nitrogens is 1. The van der Waals surface area contributed by atoms with Crippen LogP contribution in [0.1, 0.15) is 56.7 Å². The van der Waals surface area contributed by atoms with Crippen LogP contribution >= 0.6 is 0 Å². The molecule has 0 radical (unpaired) electrons.